The first-order valence-corrected chi connectivity index (χ1v) is 9.42. The fraction of sp³-hybridized carbons (Fsp3) is 0.278. The number of benzene rings is 2. The normalized spacial score (nSPS) is 11.5. The molecule has 0 saturated carbocycles. The Bertz CT molecular complexity index is 833. The standard InChI is InChI=1S/C18H22N2O4S/c1-13(2)11-20-25(23,24)15-8-9-17(16(10-15)18(21)22)19-12-14-6-4-3-5-7-14/h3-10,13,19-20H,11-12H2,1-2H3,(H,21,22). The number of carboxylic acid groups (broad SMARTS) is 1. The average Bonchev–Trinajstić information content (AvgIpc) is 2.59. The molecule has 0 atom stereocenters. The maximum Gasteiger partial charge on any atom is 0.337 e. The number of nitrogens with one attached hydrogen (secondary N) is 2. The van der Waals surface area contributed by atoms with E-state index >= 15 is 0 Å². The van der Waals surface area contributed by atoms with E-state index in [-0.39, 0.29) is 16.4 Å². The van der Waals surface area contributed by atoms with Crippen molar-refractivity contribution < 1.29 is 18.3 Å². The van der Waals surface area contributed by atoms with Crippen LogP contribution in [0.4, 0.5) is 5.69 Å². The Morgan fingerprint density at radius 3 is 2.40 bits per heavy atom. The number of carbonyl (C=O) groups is 1. The van der Waals surface area contributed by atoms with Crippen molar-refractivity contribution in [1.29, 1.82) is 0 Å². The molecule has 2 aromatic carbocycles. The molecule has 0 spiro atoms. The summed E-state index contributed by atoms with van der Waals surface area (Å²) in [5.41, 5.74) is 1.29. The van der Waals surface area contributed by atoms with Crippen LogP contribution in [0.25, 0.3) is 0 Å². The van der Waals surface area contributed by atoms with Crippen LogP contribution in [0.2, 0.25) is 0 Å². The monoisotopic (exact) mass is 362 g/mol. The molecule has 25 heavy (non-hydrogen) atoms. The Morgan fingerprint density at radius 1 is 1.12 bits per heavy atom. The highest BCUT2D eigenvalue weighted by Gasteiger charge is 2.19. The van der Waals surface area contributed by atoms with Crippen LogP contribution in [0.3, 0.4) is 0 Å². The van der Waals surface area contributed by atoms with E-state index in [2.05, 4.69) is 10.0 Å². The summed E-state index contributed by atoms with van der Waals surface area (Å²) in [4.78, 5) is 11.5. The summed E-state index contributed by atoms with van der Waals surface area (Å²) in [6.45, 7) is 4.52. The van der Waals surface area contributed by atoms with Crippen molar-refractivity contribution in [3.63, 3.8) is 0 Å². The largest absolute Gasteiger partial charge is 0.478 e. The maximum atomic E-state index is 12.3. The van der Waals surface area contributed by atoms with Crippen LogP contribution in [0.15, 0.2) is 53.4 Å². The Labute approximate surface area is 147 Å². The van der Waals surface area contributed by atoms with E-state index in [1.165, 1.54) is 18.2 Å². The topological polar surface area (TPSA) is 95.5 Å². The van der Waals surface area contributed by atoms with Gasteiger partial charge in [0.25, 0.3) is 0 Å². The SMILES string of the molecule is CC(C)CNS(=O)(=O)c1ccc(NCc2ccccc2)c(C(=O)O)c1. The van der Waals surface area contributed by atoms with Crippen molar-refractivity contribution in [2.24, 2.45) is 5.92 Å². The van der Waals surface area contributed by atoms with Gasteiger partial charge in [-0.3, -0.25) is 0 Å². The van der Waals surface area contributed by atoms with E-state index in [0.29, 0.717) is 18.8 Å². The molecule has 2 rings (SSSR count). The van der Waals surface area contributed by atoms with Gasteiger partial charge in [-0.2, -0.15) is 0 Å². The zero-order valence-corrected chi connectivity index (χ0v) is 15.0. The van der Waals surface area contributed by atoms with Gasteiger partial charge in [0.2, 0.25) is 10.0 Å². The summed E-state index contributed by atoms with van der Waals surface area (Å²) in [5.74, 6) is -1.03. The number of rotatable bonds is 8. The molecule has 0 saturated heterocycles. The number of carboxylic acids is 1. The Morgan fingerprint density at radius 2 is 1.80 bits per heavy atom. The minimum absolute atomic E-state index is 0.0594. The quantitative estimate of drug-likeness (QED) is 0.671. The van der Waals surface area contributed by atoms with E-state index in [0.717, 1.165) is 5.56 Å². The molecular weight excluding hydrogens is 340 g/mol. The molecule has 0 aliphatic rings. The van der Waals surface area contributed by atoms with E-state index in [9.17, 15) is 18.3 Å². The van der Waals surface area contributed by atoms with E-state index in [4.69, 9.17) is 0 Å². The molecule has 0 radical (unpaired) electrons. The van der Waals surface area contributed by atoms with Gasteiger partial charge in [-0.1, -0.05) is 44.2 Å². The molecule has 0 aromatic heterocycles. The van der Waals surface area contributed by atoms with Gasteiger partial charge in [-0.15, -0.1) is 0 Å². The van der Waals surface area contributed by atoms with Crippen molar-refractivity contribution in [2.75, 3.05) is 11.9 Å². The third kappa shape index (κ3) is 5.30. The first kappa shape index (κ1) is 19.0. The molecule has 134 valence electrons. The van der Waals surface area contributed by atoms with Crippen LogP contribution in [0.1, 0.15) is 29.8 Å². The van der Waals surface area contributed by atoms with Gasteiger partial charge in [-0.25, -0.2) is 17.9 Å². The van der Waals surface area contributed by atoms with Gasteiger partial charge in [0, 0.05) is 18.8 Å². The van der Waals surface area contributed by atoms with Gasteiger partial charge in [0.15, 0.2) is 0 Å². The highest BCUT2D eigenvalue weighted by Crippen LogP contribution is 2.21. The van der Waals surface area contributed by atoms with Crippen LogP contribution in [0.5, 0.6) is 0 Å². The number of anilines is 1. The molecule has 0 bridgehead atoms. The van der Waals surface area contributed by atoms with Gasteiger partial charge >= 0.3 is 5.97 Å². The molecule has 0 aliphatic heterocycles. The molecule has 0 fully saturated rings. The lowest BCUT2D eigenvalue weighted by Crippen LogP contribution is -2.27. The molecule has 0 heterocycles. The highest BCUT2D eigenvalue weighted by molar-refractivity contribution is 7.89. The van der Waals surface area contributed by atoms with Gasteiger partial charge in [0.1, 0.15) is 0 Å². The second kappa shape index (κ2) is 8.13. The van der Waals surface area contributed by atoms with Gasteiger partial charge in [-0.05, 0) is 29.7 Å². The molecular formula is C18H22N2O4S. The highest BCUT2D eigenvalue weighted by atomic mass is 32.2. The summed E-state index contributed by atoms with van der Waals surface area (Å²) in [6, 6.07) is 13.6. The molecule has 0 amide bonds. The van der Waals surface area contributed by atoms with Crippen LogP contribution < -0.4 is 10.0 Å². The second-order valence-electron chi connectivity index (χ2n) is 6.10. The lowest BCUT2D eigenvalue weighted by Gasteiger charge is -2.13. The fourth-order valence-electron chi connectivity index (χ4n) is 2.17. The summed E-state index contributed by atoms with van der Waals surface area (Å²) in [5, 5.41) is 12.5. The predicted molar refractivity (Wildman–Crippen MR) is 97.2 cm³/mol. The summed E-state index contributed by atoms with van der Waals surface area (Å²) in [6.07, 6.45) is 0. The molecule has 6 nitrogen and oxygen atoms in total. The maximum absolute atomic E-state index is 12.3. The minimum atomic E-state index is -3.74. The third-order valence-electron chi connectivity index (χ3n) is 3.54. The van der Waals surface area contributed by atoms with Crippen LogP contribution >= 0.6 is 0 Å². The van der Waals surface area contributed by atoms with Crippen molar-refractivity contribution in [1.82, 2.24) is 4.72 Å². The van der Waals surface area contributed by atoms with Crippen LogP contribution in [0, 0.1) is 5.92 Å². The fourth-order valence-corrected chi connectivity index (χ4v) is 3.41. The lowest BCUT2D eigenvalue weighted by atomic mass is 10.1. The Balaban J connectivity index is 2.24. The van der Waals surface area contributed by atoms with Crippen molar-refractivity contribution in [3.05, 3.63) is 59.7 Å². The first-order chi connectivity index (χ1) is 11.8. The summed E-state index contributed by atoms with van der Waals surface area (Å²) in [7, 11) is -3.74. The van der Waals surface area contributed by atoms with Crippen molar-refractivity contribution in [3.8, 4) is 0 Å². The van der Waals surface area contributed by atoms with Crippen LogP contribution in [-0.2, 0) is 16.6 Å². The number of aromatic carboxylic acids is 1. The molecule has 0 aliphatic carbocycles. The van der Waals surface area contributed by atoms with Crippen LogP contribution in [-0.4, -0.2) is 26.0 Å². The van der Waals surface area contributed by atoms with E-state index in [1.54, 1.807) is 0 Å². The smallest absolute Gasteiger partial charge is 0.337 e. The predicted octanol–water partition coefficient (Wildman–Crippen LogP) is 2.93. The number of hydrogen-bond acceptors (Lipinski definition) is 4. The Kier molecular flexibility index (Phi) is 6.17. The van der Waals surface area contributed by atoms with Gasteiger partial charge in [0.05, 0.1) is 10.5 Å². The summed E-state index contributed by atoms with van der Waals surface area (Å²) >= 11 is 0. The zero-order valence-electron chi connectivity index (χ0n) is 14.2. The van der Waals surface area contributed by atoms with E-state index in [1.807, 2.05) is 44.2 Å². The first-order valence-electron chi connectivity index (χ1n) is 7.94. The molecule has 3 N–H and O–H groups in total. The molecule has 2 aromatic rings. The Hall–Kier alpha value is -2.38. The molecule has 0 unspecified atom stereocenters. The zero-order chi connectivity index (χ0) is 18.4. The van der Waals surface area contributed by atoms with Crippen molar-refractivity contribution in [2.45, 2.75) is 25.3 Å². The third-order valence-corrected chi connectivity index (χ3v) is 4.96. The van der Waals surface area contributed by atoms with Gasteiger partial charge < -0.3 is 10.4 Å². The average molecular weight is 362 g/mol. The number of hydrogen-bond donors (Lipinski definition) is 3. The summed E-state index contributed by atoms with van der Waals surface area (Å²) < 4.78 is 27.0. The number of sulfonamides is 1. The minimum Gasteiger partial charge on any atom is -0.478 e. The lowest BCUT2D eigenvalue weighted by molar-refractivity contribution is 0.0697. The van der Waals surface area contributed by atoms with E-state index < -0.39 is 16.0 Å². The molecule has 7 heteroatoms. The second-order valence-corrected chi connectivity index (χ2v) is 7.86. The van der Waals surface area contributed by atoms with Crippen molar-refractivity contribution >= 4 is 21.7 Å².